The monoisotopic (exact) mass is 306 g/mol. The van der Waals surface area contributed by atoms with E-state index in [0.29, 0.717) is 24.8 Å². The molecule has 0 amide bonds. The summed E-state index contributed by atoms with van der Waals surface area (Å²) in [4.78, 5) is 12.4. The van der Waals surface area contributed by atoms with Gasteiger partial charge in [-0.25, -0.2) is 4.79 Å². The minimum Gasteiger partial charge on any atom is -0.459 e. The first-order chi connectivity index (χ1) is 10.3. The summed E-state index contributed by atoms with van der Waals surface area (Å²) in [6, 6.07) is 0. The summed E-state index contributed by atoms with van der Waals surface area (Å²) < 4.78 is 11.5. The molecule has 4 fully saturated rings. The predicted octanol–water partition coefficient (Wildman–Crippen LogP) is 0.950. The molecule has 5 heteroatoms. The summed E-state index contributed by atoms with van der Waals surface area (Å²) in [5, 5.41) is 20.8. The lowest BCUT2D eigenvalue weighted by atomic mass is 9.71. The van der Waals surface area contributed by atoms with E-state index in [9.17, 15) is 15.0 Å². The van der Waals surface area contributed by atoms with Crippen LogP contribution >= 0.6 is 0 Å². The van der Waals surface area contributed by atoms with Crippen molar-refractivity contribution < 1.29 is 24.5 Å². The minimum absolute atomic E-state index is 0.00174. The van der Waals surface area contributed by atoms with Crippen molar-refractivity contribution in [2.75, 3.05) is 0 Å². The van der Waals surface area contributed by atoms with Gasteiger partial charge in [-0.15, -0.1) is 0 Å². The molecule has 0 unspecified atom stereocenters. The van der Waals surface area contributed by atoms with E-state index in [4.69, 9.17) is 9.47 Å². The van der Waals surface area contributed by atoms with Gasteiger partial charge < -0.3 is 19.7 Å². The number of carbonyl (C=O) groups excluding carboxylic acids is 1. The molecule has 5 nitrogen and oxygen atoms in total. The molecule has 2 N–H and O–H groups in total. The lowest BCUT2D eigenvalue weighted by Gasteiger charge is -2.46. The minimum atomic E-state index is -1.02. The fourth-order valence-electron chi connectivity index (χ4n) is 5.07. The largest absolute Gasteiger partial charge is 0.459 e. The van der Waals surface area contributed by atoms with E-state index in [1.807, 2.05) is 6.92 Å². The van der Waals surface area contributed by atoms with E-state index in [2.05, 4.69) is 13.2 Å². The Morgan fingerprint density at radius 2 is 2.00 bits per heavy atom. The van der Waals surface area contributed by atoms with Crippen molar-refractivity contribution in [3.8, 4) is 0 Å². The average Bonchev–Trinajstić information content (AvgIpc) is 2.82. The molecule has 4 rings (SSSR count). The van der Waals surface area contributed by atoms with Gasteiger partial charge in [0.25, 0.3) is 0 Å². The van der Waals surface area contributed by atoms with Gasteiger partial charge in [0.15, 0.2) is 5.60 Å². The van der Waals surface area contributed by atoms with Gasteiger partial charge in [0.05, 0.1) is 24.2 Å². The lowest BCUT2D eigenvalue weighted by molar-refractivity contribution is -0.226. The third-order valence-corrected chi connectivity index (χ3v) is 6.01. The van der Waals surface area contributed by atoms with Crippen LogP contribution in [0.15, 0.2) is 24.3 Å². The summed E-state index contributed by atoms with van der Waals surface area (Å²) in [5.41, 5.74) is 0.572. The molecule has 4 aliphatic rings. The Bertz CT molecular complexity index is 561. The number of hydrogen-bond acceptors (Lipinski definition) is 5. The zero-order valence-electron chi connectivity index (χ0n) is 12.7. The summed E-state index contributed by atoms with van der Waals surface area (Å²) in [5.74, 6) is -0.954. The maximum absolute atomic E-state index is 12.4. The van der Waals surface area contributed by atoms with Gasteiger partial charge in [0, 0.05) is 12.3 Å². The third-order valence-electron chi connectivity index (χ3n) is 6.01. The maximum Gasteiger partial charge on any atom is 0.339 e. The second-order valence-electron chi connectivity index (χ2n) is 7.31. The van der Waals surface area contributed by atoms with Gasteiger partial charge in [-0.2, -0.15) is 0 Å². The van der Waals surface area contributed by atoms with Gasteiger partial charge in [0.1, 0.15) is 6.10 Å². The molecular formula is C17H22O5. The van der Waals surface area contributed by atoms with Gasteiger partial charge in [0.2, 0.25) is 0 Å². The molecule has 2 aliphatic carbocycles. The van der Waals surface area contributed by atoms with E-state index in [1.165, 1.54) is 0 Å². The summed E-state index contributed by atoms with van der Waals surface area (Å²) in [7, 11) is 0. The summed E-state index contributed by atoms with van der Waals surface area (Å²) in [6.45, 7) is 10.0. The van der Waals surface area contributed by atoms with Crippen LogP contribution in [0.1, 0.15) is 26.2 Å². The molecule has 2 saturated heterocycles. The third kappa shape index (κ3) is 1.62. The molecule has 22 heavy (non-hydrogen) atoms. The molecule has 2 saturated carbocycles. The first-order valence-electron chi connectivity index (χ1n) is 7.96. The van der Waals surface area contributed by atoms with Crippen molar-refractivity contribution in [2.24, 2.45) is 17.8 Å². The molecule has 8 atom stereocenters. The van der Waals surface area contributed by atoms with E-state index >= 15 is 0 Å². The number of aliphatic hydroxyl groups excluding tert-OH is 2. The van der Waals surface area contributed by atoms with Crippen LogP contribution in [0.4, 0.5) is 0 Å². The van der Waals surface area contributed by atoms with E-state index in [0.717, 1.165) is 5.57 Å². The second-order valence-corrected chi connectivity index (χ2v) is 7.31. The zero-order chi connectivity index (χ0) is 15.8. The highest BCUT2D eigenvalue weighted by molar-refractivity contribution is 5.84. The fraction of sp³-hybridized carbons (Fsp3) is 0.706. The van der Waals surface area contributed by atoms with Crippen molar-refractivity contribution in [1.82, 2.24) is 0 Å². The number of fused-ring (bicyclic) bond motifs is 4. The van der Waals surface area contributed by atoms with Gasteiger partial charge in [-0.05, 0) is 31.3 Å². The standard InChI is InChI=1S/C17H22O5/c1-7-4-12(19)14-15(13-9(3)11(18)5-10(7)13)21-16(20)17(14)6-8(2)22-17/h8,10-15,18-19H,1,3-6H2,2H3/t8-,10+,11+,12+,13+,14-,15-,17+/m1/s1. The predicted molar refractivity (Wildman–Crippen MR) is 77.8 cm³/mol. The van der Waals surface area contributed by atoms with Crippen LogP contribution in [-0.2, 0) is 14.3 Å². The molecule has 2 heterocycles. The number of hydrogen-bond donors (Lipinski definition) is 2. The molecule has 2 aliphatic heterocycles. The van der Waals surface area contributed by atoms with Crippen molar-refractivity contribution >= 4 is 5.97 Å². The number of carbonyl (C=O) groups is 1. The highest BCUT2D eigenvalue weighted by atomic mass is 16.6. The molecule has 0 aromatic carbocycles. The Morgan fingerprint density at radius 3 is 2.64 bits per heavy atom. The average molecular weight is 306 g/mol. The molecular weight excluding hydrogens is 284 g/mol. The number of aliphatic hydroxyl groups is 2. The van der Waals surface area contributed by atoms with Crippen LogP contribution in [0.5, 0.6) is 0 Å². The molecule has 1 spiro atoms. The smallest absolute Gasteiger partial charge is 0.339 e. The van der Waals surface area contributed by atoms with Crippen LogP contribution in [0.25, 0.3) is 0 Å². The molecule has 0 aromatic rings. The maximum atomic E-state index is 12.4. The molecule has 0 aromatic heterocycles. The van der Waals surface area contributed by atoms with Crippen LogP contribution in [0, 0.1) is 17.8 Å². The van der Waals surface area contributed by atoms with E-state index in [-0.39, 0.29) is 23.9 Å². The number of esters is 1. The van der Waals surface area contributed by atoms with Crippen molar-refractivity contribution in [1.29, 1.82) is 0 Å². The topological polar surface area (TPSA) is 76.0 Å². The quantitative estimate of drug-likeness (QED) is 0.515. The lowest BCUT2D eigenvalue weighted by Crippen LogP contribution is -2.60. The number of ether oxygens (including phenoxy) is 2. The first kappa shape index (κ1) is 14.4. The number of rotatable bonds is 0. The Hall–Kier alpha value is -1.17. The highest BCUT2D eigenvalue weighted by Gasteiger charge is 2.69. The van der Waals surface area contributed by atoms with Crippen molar-refractivity contribution in [3.05, 3.63) is 24.3 Å². The Morgan fingerprint density at radius 1 is 1.32 bits per heavy atom. The van der Waals surface area contributed by atoms with Crippen LogP contribution in [-0.4, -0.2) is 46.2 Å². The van der Waals surface area contributed by atoms with Gasteiger partial charge in [-0.1, -0.05) is 18.7 Å². The Kier molecular flexibility index (Phi) is 2.91. The van der Waals surface area contributed by atoms with E-state index < -0.39 is 29.8 Å². The fourth-order valence-corrected chi connectivity index (χ4v) is 5.07. The van der Waals surface area contributed by atoms with Gasteiger partial charge >= 0.3 is 5.97 Å². The van der Waals surface area contributed by atoms with Crippen LogP contribution in [0.2, 0.25) is 0 Å². The SMILES string of the molecule is C=C1[C@@H]2[C@H]3OC(=O)[C@]4(C[C@@H](C)O4)[C@@H]3[C@@H](O)CC(=C)[C@@H]2C[C@@H]1O. The summed E-state index contributed by atoms with van der Waals surface area (Å²) >= 11 is 0. The Balaban J connectivity index is 1.77. The first-order valence-corrected chi connectivity index (χ1v) is 7.96. The zero-order valence-corrected chi connectivity index (χ0v) is 12.7. The highest BCUT2D eigenvalue weighted by Crippen LogP contribution is 2.57. The second kappa shape index (κ2) is 4.43. The molecule has 120 valence electrons. The normalized spacial score (nSPS) is 53.8. The van der Waals surface area contributed by atoms with E-state index in [1.54, 1.807) is 0 Å². The molecule has 0 radical (unpaired) electrons. The van der Waals surface area contributed by atoms with Crippen molar-refractivity contribution in [3.63, 3.8) is 0 Å². The molecule has 0 bridgehead atoms. The van der Waals surface area contributed by atoms with Crippen molar-refractivity contribution in [2.45, 2.75) is 56.2 Å². The van der Waals surface area contributed by atoms with Crippen LogP contribution in [0.3, 0.4) is 0 Å². The Labute approximate surface area is 129 Å². The summed E-state index contributed by atoms with van der Waals surface area (Å²) in [6.07, 6.45) is -0.269. The van der Waals surface area contributed by atoms with Gasteiger partial charge in [-0.3, -0.25) is 0 Å². The van der Waals surface area contributed by atoms with Crippen LogP contribution < -0.4 is 0 Å².